The molecule has 0 saturated heterocycles. The van der Waals surface area contributed by atoms with Gasteiger partial charge in [0, 0.05) is 11.6 Å². The van der Waals surface area contributed by atoms with Crippen LogP contribution in [0.4, 0.5) is 5.69 Å². The highest BCUT2D eigenvalue weighted by Gasteiger charge is 2.16. The molecular weight excluding hydrogens is 344 g/mol. The molecule has 0 bridgehead atoms. The Morgan fingerprint density at radius 1 is 1.16 bits per heavy atom. The van der Waals surface area contributed by atoms with Crippen LogP contribution in [-0.4, -0.2) is 30.6 Å². The Hall–Kier alpha value is -2.57. The number of aliphatic hydroxyl groups excluding tert-OH is 1. The van der Waals surface area contributed by atoms with Crippen LogP contribution in [0.5, 0.6) is 5.75 Å². The molecule has 0 heterocycles. The largest absolute Gasteiger partial charge is 0.495 e. The van der Waals surface area contributed by atoms with E-state index in [2.05, 4.69) is 10.6 Å². The predicted octanol–water partition coefficient (Wildman–Crippen LogP) is 2.53. The topological polar surface area (TPSA) is 87.7 Å². The highest BCUT2D eigenvalue weighted by Crippen LogP contribution is 2.27. The standard InChI is InChI=1S/C18H19ClN2O4/c1-25-16-8-7-13(19)11-14(16)21-18(24)17(23)20-10-9-15(22)12-5-3-2-4-6-12/h2-8,11,15,22H,9-10H2,1H3,(H,20,23)(H,21,24). The summed E-state index contributed by atoms with van der Waals surface area (Å²) < 4.78 is 5.10. The van der Waals surface area contributed by atoms with Crippen molar-refractivity contribution in [2.24, 2.45) is 0 Å². The van der Waals surface area contributed by atoms with Gasteiger partial charge in [-0.25, -0.2) is 0 Å². The second-order valence-electron chi connectivity index (χ2n) is 5.27. The van der Waals surface area contributed by atoms with E-state index in [4.69, 9.17) is 16.3 Å². The first-order valence-electron chi connectivity index (χ1n) is 7.67. The van der Waals surface area contributed by atoms with Gasteiger partial charge in [-0.2, -0.15) is 0 Å². The second kappa shape index (κ2) is 9.05. The van der Waals surface area contributed by atoms with Gasteiger partial charge in [0.05, 0.1) is 18.9 Å². The number of methoxy groups -OCH3 is 1. The average Bonchev–Trinajstić information content (AvgIpc) is 2.62. The minimum absolute atomic E-state index is 0.162. The fourth-order valence-electron chi connectivity index (χ4n) is 2.20. The van der Waals surface area contributed by atoms with Crippen LogP contribution in [0.3, 0.4) is 0 Å². The number of carbonyl (C=O) groups is 2. The molecule has 2 rings (SSSR count). The van der Waals surface area contributed by atoms with Gasteiger partial charge >= 0.3 is 11.8 Å². The molecule has 1 unspecified atom stereocenters. The van der Waals surface area contributed by atoms with E-state index in [9.17, 15) is 14.7 Å². The van der Waals surface area contributed by atoms with Gasteiger partial charge < -0.3 is 20.5 Å². The van der Waals surface area contributed by atoms with Gasteiger partial charge in [-0.1, -0.05) is 41.9 Å². The number of benzene rings is 2. The summed E-state index contributed by atoms with van der Waals surface area (Å²) in [7, 11) is 1.45. The normalized spacial score (nSPS) is 11.5. The number of carbonyl (C=O) groups excluding carboxylic acids is 2. The van der Waals surface area contributed by atoms with Crippen LogP contribution in [0.1, 0.15) is 18.1 Å². The summed E-state index contributed by atoms with van der Waals surface area (Å²) >= 11 is 5.88. The molecular formula is C18H19ClN2O4. The maximum absolute atomic E-state index is 12.0. The van der Waals surface area contributed by atoms with Crippen LogP contribution in [0, 0.1) is 0 Å². The van der Waals surface area contributed by atoms with Gasteiger partial charge in [0.15, 0.2) is 0 Å². The van der Waals surface area contributed by atoms with Crippen LogP contribution in [0.15, 0.2) is 48.5 Å². The quantitative estimate of drug-likeness (QED) is 0.689. The van der Waals surface area contributed by atoms with Crippen molar-refractivity contribution in [1.82, 2.24) is 5.32 Å². The monoisotopic (exact) mass is 362 g/mol. The fraction of sp³-hybridized carbons (Fsp3) is 0.222. The van der Waals surface area contributed by atoms with E-state index in [-0.39, 0.29) is 6.54 Å². The molecule has 1 atom stereocenters. The first-order valence-corrected chi connectivity index (χ1v) is 8.04. The van der Waals surface area contributed by atoms with Crippen molar-refractivity contribution in [3.8, 4) is 5.75 Å². The zero-order valence-corrected chi connectivity index (χ0v) is 14.4. The molecule has 2 aromatic carbocycles. The third-order valence-electron chi connectivity index (χ3n) is 3.50. The molecule has 6 nitrogen and oxygen atoms in total. The summed E-state index contributed by atoms with van der Waals surface area (Å²) in [5.74, 6) is -1.25. The number of anilines is 1. The van der Waals surface area contributed by atoms with Gasteiger partial charge in [0.2, 0.25) is 0 Å². The number of nitrogens with one attached hydrogen (secondary N) is 2. The molecule has 0 spiro atoms. The zero-order chi connectivity index (χ0) is 18.2. The third-order valence-corrected chi connectivity index (χ3v) is 3.74. The summed E-state index contributed by atoms with van der Waals surface area (Å²) in [4.78, 5) is 23.8. The third kappa shape index (κ3) is 5.48. The Morgan fingerprint density at radius 2 is 1.88 bits per heavy atom. The lowest BCUT2D eigenvalue weighted by Gasteiger charge is -2.12. The number of hydrogen-bond acceptors (Lipinski definition) is 4. The lowest BCUT2D eigenvalue weighted by atomic mass is 10.1. The lowest BCUT2D eigenvalue weighted by molar-refractivity contribution is -0.136. The fourth-order valence-corrected chi connectivity index (χ4v) is 2.37. The predicted molar refractivity (Wildman–Crippen MR) is 95.7 cm³/mol. The Morgan fingerprint density at radius 3 is 2.56 bits per heavy atom. The zero-order valence-electron chi connectivity index (χ0n) is 13.7. The molecule has 0 aliphatic heterocycles. The maximum Gasteiger partial charge on any atom is 0.313 e. The number of ether oxygens (including phenoxy) is 1. The van der Waals surface area contributed by atoms with Crippen molar-refractivity contribution in [2.75, 3.05) is 19.0 Å². The van der Waals surface area contributed by atoms with E-state index in [1.165, 1.54) is 13.2 Å². The van der Waals surface area contributed by atoms with Crippen molar-refractivity contribution in [1.29, 1.82) is 0 Å². The Bertz CT molecular complexity index is 737. The minimum Gasteiger partial charge on any atom is -0.495 e. The molecule has 0 radical (unpaired) electrons. The van der Waals surface area contributed by atoms with E-state index >= 15 is 0 Å². The van der Waals surface area contributed by atoms with Gasteiger partial charge in [-0.05, 0) is 30.2 Å². The lowest BCUT2D eigenvalue weighted by Crippen LogP contribution is -2.36. The van der Waals surface area contributed by atoms with E-state index in [1.807, 2.05) is 18.2 Å². The van der Waals surface area contributed by atoms with Gasteiger partial charge in [-0.3, -0.25) is 9.59 Å². The first kappa shape index (κ1) is 18.8. The van der Waals surface area contributed by atoms with Crippen molar-refractivity contribution in [2.45, 2.75) is 12.5 Å². The molecule has 0 saturated carbocycles. The molecule has 0 aromatic heterocycles. The molecule has 0 aliphatic carbocycles. The number of aliphatic hydroxyl groups is 1. The van der Waals surface area contributed by atoms with Crippen molar-refractivity contribution < 1.29 is 19.4 Å². The number of halogens is 1. The highest BCUT2D eigenvalue weighted by atomic mass is 35.5. The van der Waals surface area contributed by atoms with Crippen molar-refractivity contribution >= 4 is 29.1 Å². The second-order valence-corrected chi connectivity index (χ2v) is 5.71. The molecule has 3 N–H and O–H groups in total. The van der Waals surface area contributed by atoms with Crippen molar-refractivity contribution in [3.05, 3.63) is 59.1 Å². The van der Waals surface area contributed by atoms with E-state index in [1.54, 1.807) is 24.3 Å². The average molecular weight is 363 g/mol. The molecule has 0 fully saturated rings. The first-order chi connectivity index (χ1) is 12.0. The Labute approximate surface area is 150 Å². The summed E-state index contributed by atoms with van der Waals surface area (Å²) in [6, 6.07) is 13.8. The molecule has 7 heteroatoms. The summed E-state index contributed by atoms with van der Waals surface area (Å²) in [6.45, 7) is 0.162. The van der Waals surface area contributed by atoms with Crippen LogP contribution in [0.25, 0.3) is 0 Å². The van der Waals surface area contributed by atoms with Crippen LogP contribution >= 0.6 is 11.6 Å². The number of rotatable bonds is 6. The molecule has 25 heavy (non-hydrogen) atoms. The smallest absolute Gasteiger partial charge is 0.313 e. The molecule has 2 aromatic rings. The highest BCUT2D eigenvalue weighted by molar-refractivity contribution is 6.40. The van der Waals surface area contributed by atoms with Crippen LogP contribution in [0.2, 0.25) is 5.02 Å². The SMILES string of the molecule is COc1ccc(Cl)cc1NC(=O)C(=O)NCCC(O)c1ccccc1. The van der Waals surface area contributed by atoms with Crippen LogP contribution in [-0.2, 0) is 9.59 Å². The van der Waals surface area contributed by atoms with Gasteiger partial charge in [0.25, 0.3) is 0 Å². The summed E-state index contributed by atoms with van der Waals surface area (Å²) in [6.07, 6.45) is -0.415. The summed E-state index contributed by atoms with van der Waals surface area (Å²) in [5.41, 5.74) is 1.06. The summed E-state index contributed by atoms with van der Waals surface area (Å²) in [5, 5.41) is 15.3. The van der Waals surface area contributed by atoms with E-state index in [0.717, 1.165) is 5.56 Å². The van der Waals surface area contributed by atoms with Crippen molar-refractivity contribution in [3.63, 3.8) is 0 Å². The number of hydrogen-bond donors (Lipinski definition) is 3. The van der Waals surface area contributed by atoms with Gasteiger partial charge in [0.1, 0.15) is 5.75 Å². The van der Waals surface area contributed by atoms with Gasteiger partial charge in [-0.15, -0.1) is 0 Å². The number of amides is 2. The molecule has 2 amide bonds. The van der Waals surface area contributed by atoms with E-state index in [0.29, 0.717) is 22.9 Å². The minimum atomic E-state index is -0.838. The maximum atomic E-state index is 12.0. The Kier molecular flexibility index (Phi) is 6.80. The molecule has 132 valence electrons. The Balaban J connectivity index is 1.85. The van der Waals surface area contributed by atoms with E-state index < -0.39 is 17.9 Å². The van der Waals surface area contributed by atoms with Crippen LogP contribution < -0.4 is 15.4 Å². The molecule has 0 aliphatic rings.